The summed E-state index contributed by atoms with van der Waals surface area (Å²) in [5.74, 6) is -0.380. The second-order valence-electron chi connectivity index (χ2n) is 7.68. The van der Waals surface area contributed by atoms with Crippen LogP contribution in [-0.2, 0) is 22.6 Å². The molecule has 34 heavy (non-hydrogen) atoms. The molecular weight excluding hydrogens is 476 g/mol. The predicted molar refractivity (Wildman–Crippen MR) is 133 cm³/mol. The van der Waals surface area contributed by atoms with E-state index in [1.807, 2.05) is 0 Å². The van der Waals surface area contributed by atoms with E-state index in [0.717, 1.165) is 17.3 Å². The van der Waals surface area contributed by atoms with Crippen LogP contribution >= 0.6 is 24.0 Å². The molecule has 2 heterocycles. The van der Waals surface area contributed by atoms with Gasteiger partial charge in [-0.15, -0.1) is 0 Å². The van der Waals surface area contributed by atoms with Crippen LogP contribution in [-0.4, -0.2) is 51.0 Å². The summed E-state index contributed by atoms with van der Waals surface area (Å²) in [6.45, 7) is 1.16. The Balaban J connectivity index is 1.48. The van der Waals surface area contributed by atoms with Crippen LogP contribution in [0.3, 0.4) is 0 Å². The molecule has 0 atom stereocenters. The topological polar surface area (TPSA) is 114 Å². The van der Waals surface area contributed by atoms with Crippen molar-refractivity contribution in [3.05, 3.63) is 68.7 Å². The highest BCUT2D eigenvalue weighted by atomic mass is 32.2. The third-order valence-electron chi connectivity index (χ3n) is 5.37. The molecule has 3 amide bonds. The van der Waals surface area contributed by atoms with Crippen molar-refractivity contribution in [2.24, 2.45) is 0 Å². The highest BCUT2D eigenvalue weighted by molar-refractivity contribution is 8.14. The first-order valence-corrected chi connectivity index (χ1v) is 11.9. The Morgan fingerprint density at radius 3 is 2.62 bits per heavy atom. The van der Waals surface area contributed by atoms with E-state index in [0.29, 0.717) is 41.7 Å². The minimum absolute atomic E-state index is 0.171. The maximum absolute atomic E-state index is 12.8. The Labute approximate surface area is 204 Å². The first-order chi connectivity index (χ1) is 16.4. The van der Waals surface area contributed by atoms with Gasteiger partial charge in [0.05, 0.1) is 23.2 Å². The first-order valence-electron chi connectivity index (χ1n) is 10.5. The fraction of sp³-hybridized carbons (Fsp3) is 0.261. The summed E-state index contributed by atoms with van der Waals surface area (Å²) in [5, 5.41) is 3.00. The number of amides is 3. The van der Waals surface area contributed by atoms with Crippen LogP contribution in [0.25, 0.3) is 10.9 Å². The number of hydrogen-bond acceptors (Lipinski definition) is 7. The van der Waals surface area contributed by atoms with Gasteiger partial charge in [-0.3, -0.25) is 28.6 Å². The number of benzene rings is 2. The average molecular weight is 499 g/mol. The highest BCUT2D eigenvalue weighted by Gasteiger charge is 2.29. The van der Waals surface area contributed by atoms with Crippen molar-refractivity contribution in [3.8, 4) is 0 Å². The standard InChI is InChI=1S/C23H22N4O5S2/c1-32-10-2-9-26-21(30)17-8-5-15(11-18(17)25-22(26)33)20(29)24-16-6-3-14(4-7-16)12-27-19(28)13-34-23(27)31/h3-8,11H,2,9-10,12-13H2,1H3,(H,24,29)(H,25,33). The number of anilines is 1. The van der Waals surface area contributed by atoms with E-state index in [9.17, 15) is 19.2 Å². The molecule has 1 aromatic heterocycles. The van der Waals surface area contributed by atoms with Gasteiger partial charge in [0.25, 0.3) is 16.7 Å². The molecule has 0 radical (unpaired) electrons. The van der Waals surface area contributed by atoms with Gasteiger partial charge in [0.2, 0.25) is 5.91 Å². The van der Waals surface area contributed by atoms with Crippen LogP contribution in [0.4, 0.5) is 10.5 Å². The van der Waals surface area contributed by atoms with Crippen molar-refractivity contribution in [1.29, 1.82) is 0 Å². The number of H-pyrrole nitrogens is 1. The van der Waals surface area contributed by atoms with Crippen LogP contribution in [0.1, 0.15) is 22.3 Å². The molecule has 0 saturated carbocycles. The van der Waals surface area contributed by atoms with Gasteiger partial charge >= 0.3 is 0 Å². The molecule has 0 spiro atoms. The van der Waals surface area contributed by atoms with E-state index in [4.69, 9.17) is 17.0 Å². The fourth-order valence-electron chi connectivity index (χ4n) is 3.58. The van der Waals surface area contributed by atoms with E-state index in [-0.39, 0.29) is 39.7 Å². The smallest absolute Gasteiger partial charge is 0.289 e. The van der Waals surface area contributed by atoms with Crippen LogP contribution in [0.2, 0.25) is 0 Å². The van der Waals surface area contributed by atoms with E-state index < -0.39 is 0 Å². The van der Waals surface area contributed by atoms with E-state index in [1.165, 1.54) is 9.47 Å². The Morgan fingerprint density at radius 2 is 1.94 bits per heavy atom. The number of fused-ring (bicyclic) bond motifs is 1. The Kier molecular flexibility index (Phi) is 7.25. The summed E-state index contributed by atoms with van der Waals surface area (Å²) in [7, 11) is 1.60. The van der Waals surface area contributed by atoms with E-state index >= 15 is 0 Å². The third-order valence-corrected chi connectivity index (χ3v) is 6.55. The van der Waals surface area contributed by atoms with Gasteiger partial charge in [-0.05, 0) is 54.5 Å². The van der Waals surface area contributed by atoms with Crippen molar-refractivity contribution in [2.75, 3.05) is 24.8 Å². The summed E-state index contributed by atoms with van der Waals surface area (Å²) in [4.78, 5) is 53.3. The molecule has 0 unspecified atom stereocenters. The largest absolute Gasteiger partial charge is 0.385 e. The van der Waals surface area contributed by atoms with Gasteiger partial charge < -0.3 is 15.0 Å². The average Bonchev–Trinajstić information content (AvgIpc) is 3.14. The Bertz CT molecular complexity index is 1360. The minimum atomic E-state index is -0.348. The molecule has 3 aromatic rings. The summed E-state index contributed by atoms with van der Waals surface area (Å²) in [6.07, 6.45) is 0.655. The van der Waals surface area contributed by atoms with Crippen LogP contribution in [0, 0.1) is 4.77 Å². The Hall–Kier alpha value is -3.28. The number of nitrogens with one attached hydrogen (secondary N) is 2. The molecule has 0 bridgehead atoms. The quantitative estimate of drug-likeness (QED) is 0.361. The monoisotopic (exact) mass is 498 g/mol. The van der Waals surface area contributed by atoms with Crippen LogP contribution < -0.4 is 10.9 Å². The van der Waals surface area contributed by atoms with Gasteiger partial charge in [-0.25, -0.2) is 0 Å². The number of nitrogens with zero attached hydrogens (tertiary/aromatic N) is 2. The van der Waals surface area contributed by atoms with Gasteiger partial charge in [0.15, 0.2) is 4.77 Å². The number of carbonyl (C=O) groups is 3. The lowest BCUT2D eigenvalue weighted by Gasteiger charge is -2.13. The number of hydrogen-bond donors (Lipinski definition) is 2. The predicted octanol–water partition coefficient (Wildman–Crippen LogP) is 3.54. The lowest BCUT2D eigenvalue weighted by molar-refractivity contribution is -0.125. The third kappa shape index (κ3) is 5.11. The number of aromatic nitrogens is 2. The molecule has 1 aliphatic rings. The highest BCUT2D eigenvalue weighted by Crippen LogP contribution is 2.22. The minimum Gasteiger partial charge on any atom is -0.385 e. The molecule has 1 aliphatic heterocycles. The molecule has 1 fully saturated rings. The van der Waals surface area contributed by atoms with Crippen molar-refractivity contribution < 1.29 is 19.1 Å². The molecule has 2 N–H and O–H groups in total. The SMILES string of the molecule is COCCCn1c(=S)[nH]c2cc(C(=O)Nc3ccc(CN4C(=O)CSC4=O)cc3)ccc2c1=O. The summed E-state index contributed by atoms with van der Waals surface area (Å²) in [6, 6.07) is 11.7. The normalized spacial score (nSPS) is 13.6. The molecule has 2 aromatic carbocycles. The van der Waals surface area contributed by atoms with Crippen LogP contribution in [0.15, 0.2) is 47.3 Å². The summed E-state index contributed by atoms with van der Waals surface area (Å²) < 4.78 is 6.81. The van der Waals surface area contributed by atoms with E-state index in [1.54, 1.807) is 49.6 Å². The summed E-state index contributed by atoms with van der Waals surface area (Å²) >= 11 is 6.32. The van der Waals surface area contributed by atoms with Gasteiger partial charge in [0, 0.05) is 31.5 Å². The fourth-order valence-corrected chi connectivity index (χ4v) is 4.59. The maximum Gasteiger partial charge on any atom is 0.289 e. The van der Waals surface area contributed by atoms with Crippen molar-refractivity contribution in [3.63, 3.8) is 0 Å². The number of imide groups is 1. The van der Waals surface area contributed by atoms with Crippen molar-refractivity contribution in [2.45, 2.75) is 19.5 Å². The molecule has 0 aliphatic carbocycles. The van der Waals surface area contributed by atoms with Gasteiger partial charge in [0.1, 0.15) is 0 Å². The number of rotatable bonds is 8. The number of ether oxygens (including phenoxy) is 1. The second kappa shape index (κ2) is 10.3. The molecule has 9 nitrogen and oxygen atoms in total. The molecule has 4 rings (SSSR count). The zero-order valence-electron chi connectivity index (χ0n) is 18.3. The van der Waals surface area contributed by atoms with E-state index in [2.05, 4.69) is 10.3 Å². The van der Waals surface area contributed by atoms with Gasteiger partial charge in [-0.2, -0.15) is 0 Å². The summed E-state index contributed by atoms with van der Waals surface area (Å²) in [5.41, 5.74) is 1.97. The molecule has 1 saturated heterocycles. The first kappa shape index (κ1) is 23.9. The van der Waals surface area contributed by atoms with Gasteiger partial charge in [-0.1, -0.05) is 23.9 Å². The van der Waals surface area contributed by atoms with Crippen molar-refractivity contribution in [1.82, 2.24) is 14.5 Å². The van der Waals surface area contributed by atoms with Crippen molar-refractivity contribution >= 4 is 57.6 Å². The number of carbonyl (C=O) groups excluding carboxylic acids is 3. The van der Waals surface area contributed by atoms with Crippen LogP contribution in [0.5, 0.6) is 0 Å². The molecule has 176 valence electrons. The number of aromatic amines is 1. The number of methoxy groups -OCH3 is 1. The zero-order valence-corrected chi connectivity index (χ0v) is 20.0. The second-order valence-corrected chi connectivity index (χ2v) is 8.99. The molecule has 11 heteroatoms. The maximum atomic E-state index is 12.8. The zero-order chi connectivity index (χ0) is 24.2. The molecular formula is C23H22N4O5S2. The number of thioether (sulfide) groups is 1. The lowest BCUT2D eigenvalue weighted by Crippen LogP contribution is -2.27. The lowest BCUT2D eigenvalue weighted by atomic mass is 10.1. The Morgan fingerprint density at radius 1 is 1.18 bits per heavy atom.